The van der Waals surface area contributed by atoms with E-state index in [4.69, 9.17) is 21.1 Å². The number of amides is 3. The van der Waals surface area contributed by atoms with E-state index in [1.54, 1.807) is 0 Å². The van der Waals surface area contributed by atoms with Crippen LogP contribution in [-0.2, 0) is 19.2 Å². The molecule has 0 aromatic heterocycles. The van der Waals surface area contributed by atoms with Crippen LogP contribution in [0.4, 0.5) is 0 Å². The van der Waals surface area contributed by atoms with Gasteiger partial charge in [0.05, 0.1) is 26.3 Å². The summed E-state index contributed by atoms with van der Waals surface area (Å²) in [5.74, 6) is -3.79. The average molecular weight is 306 g/mol. The lowest BCUT2D eigenvalue weighted by Gasteiger charge is -2.16. The van der Waals surface area contributed by atoms with Crippen LogP contribution in [0, 0.1) is 0 Å². The maximum atomic E-state index is 11.5. The van der Waals surface area contributed by atoms with E-state index in [0.29, 0.717) is 0 Å². The van der Waals surface area contributed by atoms with Crippen LogP contribution in [0.3, 0.4) is 0 Å². The molecule has 0 aliphatic heterocycles. The smallest absolute Gasteiger partial charge is 0.328 e. The van der Waals surface area contributed by atoms with Gasteiger partial charge in [-0.3, -0.25) is 14.4 Å². The molecule has 0 radical (unpaired) electrons. The van der Waals surface area contributed by atoms with Crippen molar-refractivity contribution in [3.63, 3.8) is 0 Å². The number of nitrogens with two attached hydrogens (primary N) is 1. The molecule has 0 aliphatic carbocycles. The van der Waals surface area contributed by atoms with Gasteiger partial charge < -0.3 is 37.0 Å². The first-order chi connectivity index (χ1) is 9.85. The lowest BCUT2D eigenvalue weighted by molar-refractivity contribution is -0.142. The van der Waals surface area contributed by atoms with E-state index in [9.17, 15) is 19.2 Å². The van der Waals surface area contributed by atoms with Crippen LogP contribution >= 0.6 is 0 Å². The van der Waals surface area contributed by atoms with Crippen molar-refractivity contribution in [2.75, 3.05) is 26.3 Å². The number of nitrogens with one attached hydrogen (secondary N) is 3. The molecule has 0 unspecified atom stereocenters. The molecule has 0 aromatic rings. The minimum absolute atomic E-state index is 0.374. The number of carboxylic acids is 1. The Balaban J connectivity index is 4.30. The Labute approximate surface area is 119 Å². The fourth-order valence-electron chi connectivity index (χ4n) is 1.17. The Bertz CT molecular complexity index is 401. The van der Waals surface area contributed by atoms with Gasteiger partial charge in [-0.1, -0.05) is 0 Å². The molecular weight excluding hydrogens is 288 g/mol. The first kappa shape index (κ1) is 18.8. The maximum Gasteiger partial charge on any atom is 0.328 e. The van der Waals surface area contributed by atoms with Gasteiger partial charge in [-0.05, 0) is 0 Å². The molecule has 0 fully saturated rings. The molecule has 120 valence electrons. The van der Waals surface area contributed by atoms with Gasteiger partial charge in [0, 0.05) is 0 Å². The summed E-state index contributed by atoms with van der Waals surface area (Å²) in [5, 5.41) is 32.4. The number of hydrogen-bond acceptors (Lipinski definition) is 7. The molecular formula is C10H18N4O7. The molecule has 0 aliphatic rings. The van der Waals surface area contributed by atoms with Crippen molar-refractivity contribution >= 4 is 23.7 Å². The quantitative estimate of drug-likeness (QED) is 0.220. The van der Waals surface area contributed by atoms with Crippen LogP contribution in [0.2, 0.25) is 0 Å². The van der Waals surface area contributed by atoms with Gasteiger partial charge in [0.1, 0.15) is 12.1 Å². The fourth-order valence-corrected chi connectivity index (χ4v) is 1.17. The maximum absolute atomic E-state index is 11.5. The summed E-state index contributed by atoms with van der Waals surface area (Å²) >= 11 is 0. The number of carbonyl (C=O) groups excluding carboxylic acids is 3. The molecule has 11 nitrogen and oxygen atoms in total. The van der Waals surface area contributed by atoms with Gasteiger partial charge in [0.2, 0.25) is 17.7 Å². The first-order valence-corrected chi connectivity index (χ1v) is 5.86. The average Bonchev–Trinajstić information content (AvgIpc) is 2.46. The van der Waals surface area contributed by atoms with E-state index in [-0.39, 0.29) is 6.54 Å². The Hall–Kier alpha value is -2.24. The number of aliphatic hydroxyl groups is 2. The second kappa shape index (κ2) is 9.63. The third-order valence-corrected chi connectivity index (χ3v) is 2.26. The molecule has 0 saturated heterocycles. The van der Waals surface area contributed by atoms with Gasteiger partial charge in [0.25, 0.3) is 0 Å². The third kappa shape index (κ3) is 7.20. The largest absolute Gasteiger partial charge is 0.480 e. The summed E-state index contributed by atoms with van der Waals surface area (Å²) in [7, 11) is 0. The zero-order chi connectivity index (χ0) is 16.4. The molecule has 0 heterocycles. The number of carboxylic acid groups (broad SMARTS) is 1. The molecule has 0 bridgehead atoms. The van der Waals surface area contributed by atoms with E-state index < -0.39 is 55.5 Å². The van der Waals surface area contributed by atoms with E-state index in [1.807, 2.05) is 5.32 Å². The SMILES string of the molecule is NCC(=O)N[C@@H](CO)C(=O)NCC(=O)N[C@@H](CO)C(=O)O. The van der Waals surface area contributed by atoms with E-state index in [2.05, 4.69) is 10.6 Å². The van der Waals surface area contributed by atoms with Crippen molar-refractivity contribution in [1.82, 2.24) is 16.0 Å². The highest BCUT2D eigenvalue weighted by atomic mass is 16.4. The highest BCUT2D eigenvalue weighted by molar-refractivity contribution is 5.91. The molecule has 11 heteroatoms. The molecule has 0 saturated carbocycles. The third-order valence-electron chi connectivity index (χ3n) is 2.26. The lowest BCUT2D eigenvalue weighted by atomic mass is 10.2. The minimum Gasteiger partial charge on any atom is -0.480 e. The topological polar surface area (TPSA) is 191 Å². The van der Waals surface area contributed by atoms with Crippen molar-refractivity contribution in [3.8, 4) is 0 Å². The summed E-state index contributed by atoms with van der Waals surface area (Å²) in [6, 6.07) is -2.76. The fraction of sp³-hybridized carbons (Fsp3) is 0.600. The van der Waals surface area contributed by atoms with Gasteiger partial charge in [-0.2, -0.15) is 0 Å². The first-order valence-electron chi connectivity index (χ1n) is 5.86. The van der Waals surface area contributed by atoms with Gasteiger partial charge in [-0.15, -0.1) is 0 Å². The zero-order valence-corrected chi connectivity index (χ0v) is 11.0. The summed E-state index contributed by atoms with van der Waals surface area (Å²) < 4.78 is 0. The molecule has 2 atom stereocenters. The van der Waals surface area contributed by atoms with E-state index in [1.165, 1.54) is 0 Å². The molecule has 8 N–H and O–H groups in total. The molecule has 0 aromatic carbocycles. The predicted octanol–water partition coefficient (Wildman–Crippen LogP) is -4.90. The van der Waals surface area contributed by atoms with Gasteiger partial charge >= 0.3 is 5.97 Å². The second-order valence-corrected chi connectivity index (χ2v) is 3.87. The normalized spacial score (nSPS) is 12.9. The number of hydrogen-bond donors (Lipinski definition) is 7. The van der Waals surface area contributed by atoms with Crippen molar-refractivity contribution in [2.45, 2.75) is 12.1 Å². The van der Waals surface area contributed by atoms with Crippen molar-refractivity contribution in [1.29, 1.82) is 0 Å². The van der Waals surface area contributed by atoms with Crippen molar-refractivity contribution in [3.05, 3.63) is 0 Å². The number of carbonyl (C=O) groups is 4. The zero-order valence-electron chi connectivity index (χ0n) is 11.0. The number of aliphatic carboxylic acids is 1. The summed E-state index contributed by atoms with van der Waals surface area (Å²) in [4.78, 5) is 44.4. The Kier molecular flexibility index (Phi) is 8.60. The van der Waals surface area contributed by atoms with Crippen LogP contribution in [0.25, 0.3) is 0 Å². The van der Waals surface area contributed by atoms with Crippen LogP contribution in [-0.4, -0.2) is 77.4 Å². The standard InChI is InChI=1S/C10H18N4O7/c11-1-7(17)13-5(3-15)9(19)12-2-8(18)14-6(4-16)10(20)21/h5-6,15-16H,1-4,11H2,(H,12,19)(H,13,17)(H,14,18)(H,20,21)/t5-,6-/m0/s1. The summed E-state index contributed by atoms with van der Waals surface area (Å²) in [5.41, 5.74) is 5.03. The van der Waals surface area contributed by atoms with E-state index >= 15 is 0 Å². The predicted molar refractivity (Wildman–Crippen MR) is 67.7 cm³/mol. The molecule has 0 spiro atoms. The van der Waals surface area contributed by atoms with Crippen LogP contribution in [0.1, 0.15) is 0 Å². The Morgan fingerprint density at radius 2 is 1.48 bits per heavy atom. The Morgan fingerprint density at radius 1 is 0.952 bits per heavy atom. The Morgan fingerprint density at radius 3 is 1.90 bits per heavy atom. The van der Waals surface area contributed by atoms with E-state index in [0.717, 1.165) is 0 Å². The summed E-state index contributed by atoms with van der Waals surface area (Å²) in [6.07, 6.45) is 0. The van der Waals surface area contributed by atoms with Crippen molar-refractivity contribution < 1.29 is 34.5 Å². The van der Waals surface area contributed by atoms with Gasteiger partial charge in [-0.25, -0.2) is 4.79 Å². The summed E-state index contributed by atoms with van der Waals surface area (Å²) in [6.45, 7) is -2.47. The monoisotopic (exact) mass is 306 g/mol. The van der Waals surface area contributed by atoms with Crippen LogP contribution in [0.15, 0.2) is 0 Å². The molecule has 21 heavy (non-hydrogen) atoms. The minimum atomic E-state index is -1.49. The van der Waals surface area contributed by atoms with Crippen molar-refractivity contribution in [2.24, 2.45) is 5.73 Å². The highest BCUT2D eigenvalue weighted by Gasteiger charge is 2.22. The number of aliphatic hydroxyl groups excluding tert-OH is 2. The lowest BCUT2D eigenvalue weighted by Crippen LogP contribution is -2.53. The molecule has 0 rings (SSSR count). The van der Waals surface area contributed by atoms with Crippen LogP contribution < -0.4 is 21.7 Å². The van der Waals surface area contributed by atoms with Crippen LogP contribution in [0.5, 0.6) is 0 Å². The number of rotatable bonds is 9. The van der Waals surface area contributed by atoms with Gasteiger partial charge in [0.15, 0.2) is 0 Å². The molecule has 3 amide bonds. The second-order valence-electron chi connectivity index (χ2n) is 3.87. The highest BCUT2D eigenvalue weighted by Crippen LogP contribution is 1.85.